The number of hydrogen-bond acceptors (Lipinski definition) is 4. The summed E-state index contributed by atoms with van der Waals surface area (Å²) in [5.41, 5.74) is 3.31. The first-order valence-corrected chi connectivity index (χ1v) is 11.2. The summed E-state index contributed by atoms with van der Waals surface area (Å²) in [4.78, 5) is 29.8. The van der Waals surface area contributed by atoms with Crippen molar-refractivity contribution in [3.63, 3.8) is 0 Å². The number of carbonyl (C=O) groups is 2. The fraction of sp³-hybridized carbons (Fsp3) is 0.391. The SMILES string of the molecule is CSc1ccc(N2C[C@@H](C(=O)NCCCc3ccc(N(C)C)cc3)CC2=O)cc1. The quantitative estimate of drug-likeness (QED) is 0.533. The number of nitrogens with one attached hydrogen (secondary N) is 1. The molecule has 1 saturated heterocycles. The Bertz CT molecular complexity index is 834. The number of anilines is 2. The van der Waals surface area contributed by atoms with E-state index in [4.69, 9.17) is 0 Å². The van der Waals surface area contributed by atoms with E-state index in [0.717, 1.165) is 23.4 Å². The standard InChI is InChI=1S/C23H29N3O2S/c1-25(2)19-8-6-17(7-9-19)5-4-14-24-23(28)18-15-22(27)26(16-18)20-10-12-21(29-3)13-11-20/h6-13,18H,4-5,14-16H2,1-3H3,(H,24,28)/t18-/m0/s1. The fourth-order valence-electron chi connectivity index (χ4n) is 3.50. The van der Waals surface area contributed by atoms with Gasteiger partial charge in [-0.3, -0.25) is 9.59 Å². The fourth-order valence-corrected chi connectivity index (χ4v) is 3.91. The van der Waals surface area contributed by atoms with E-state index >= 15 is 0 Å². The molecule has 0 unspecified atom stereocenters. The van der Waals surface area contributed by atoms with Gasteiger partial charge in [-0.15, -0.1) is 11.8 Å². The molecule has 2 aromatic carbocycles. The van der Waals surface area contributed by atoms with E-state index in [1.54, 1.807) is 16.7 Å². The zero-order valence-corrected chi connectivity index (χ0v) is 18.2. The first kappa shape index (κ1) is 21.2. The van der Waals surface area contributed by atoms with Crippen LogP contribution in [0.25, 0.3) is 0 Å². The van der Waals surface area contributed by atoms with E-state index in [1.165, 1.54) is 11.3 Å². The van der Waals surface area contributed by atoms with Crippen LogP contribution in [0.4, 0.5) is 11.4 Å². The van der Waals surface area contributed by atoms with Gasteiger partial charge in [0.05, 0.1) is 5.92 Å². The molecule has 154 valence electrons. The summed E-state index contributed by atoms with van der Waals surface area (Å²) in [6, 6.07) is 16.4. The lowest BCUT2D eigenvalue weighted by Crippen LogP contribution is -2.33. The van der Waals surface area contributed by atoms with Crippen LogP contribution >= 0.6 is 11.8 Å². The van der Waals surface area contributed by atoms with Crippen LogP contribution < -0.4 is 15.1 Å². The molecule has 5 nitrogen and oxygen atoms in total. The molecule has 1 N–H and O–H groups in total. The minimum atomic E-state index is -0.276. The molecule has 0 radical (unpaired) electrons. The van der Waals surface area contributed by atoms with Gasteiger partial charge >= 0.3 is 0 Å². The molecule has 29 heavy (non-hydrogen) atoms. The topological polar surface area (TPSA) is 52.7 Å². The summed E-state index contributed by atoms with van der Waals surface area (Å²) in [5.74, 6) is -0.283. The van der Waals surface area contributed by atoms with E-state index in [0.29, 0.717) is 13.1 Å². The highest BCUT2D eigenvalue weighted by Gasteiger charge is 2.34. The Kier molecular flexibility index (Phi) is 7.20. The van der Waals surface area contributed by atoms with Crippen LogP contribution in [0.3, 0.4) is 0 Å². The minimum absolute atomic E-state index is 0.0167. The van der Waals surface area contributed by atoms with Crippen molar-refractivity contribution in [2.45, 2.75) is 24.2 Å². The van der Waals surface area contributed by atoms with Gasteiger partial charge < -0.3 is 15.1 Å². The molecular weight excluding hydrogens is 382 g/mol. The van der Waals surface area contributed by atoms with Crippen molar-refractivity contribution in [3.05, 3.63) is 54.1 Å². The molecule has 0 aliphatic carbocycles. The normalized spacial score (nSPS) is 16.2. The van der Waals surface area contributed by atoms with Gasteiger partial charge in [-0.2, -0.15) is 0 Å². The Morgan fingerprint density at radius 1 is 1.14 bits per heavy atom. The lowest BCUT2D eigenvalue weighted by molar-refractivity contribution is -0.126. The van der Waals surface area contributed by atoms with Crippen molar-refractivity contribution in [1.29, 1.82) is 0 Å². The van der Waals surface area contributed by atoms with Crippen LogP contribution in [-0.2, 0) is 16.0 Å². The van der Waals surface area contributed by atoms with Gasteiger partial charge in [0.2, 0.25) is 11.8 Å². The first-order valence-electron chi connectivity index (χ1n) is 9.96. The van der Waals surface area contributed by atoms with Crippen LogP contribution in [0.15, 0.2) is 53.4 Å². The second-order valence-corrected chi connectivity index (χ2v) is 8.44. The van der Waals surface area contributed by atoms with Gasteiger partial charge in [0, 0.05) is 49.9 Å². The van der Waals surface area contributed by atoms with Gasteiger partial charge in [0.25, 0.3) is 0 Å². The van der Waals surface area contributed by atoms with E-state index in [9.17, 15) is 9.59 Å². The number of hydrogen-bond donors (Lipinski definition) is 1. The third kappa shape index (κ3) is 5.54. The van der Waals surface area contributed by atoms with Crippen LogP contribution in [0.5, 0.6) is 0 Å². The molecule has 0 bridgehead atoms. The molecule has 3 rings (SSSR count). The van der Waals surface area contributed by atoms with Gasteiger partial charge in [-0.1, -0.05) is 12.1 Å². The maximum atomic E-state index is 12.5. The Labute approximate surface area is 177 Å². The van der Waals surface area contributed by atoms with E-state index in [1.807, 2.05) is 44.6 Å². The summed E-state index contributed by atoms with van der Waals surface area (Å²) in [6.07, 6.45) is 4.11. The van der Waals surface area contributed by atoms with Crippen molar-refractivity contribution in [1.82, 2.24) is 5.32 Å². The Morgan fingerprint density at radius 2 is 1.83 bits per heavy atom. The monoisotopic (exact) mass is 411 g/mol. The molecule has 1 aliphatic rings. The molecule has 0 saturated carbocycles. The van der Waals surface area contributed by atoms with Crippen molar-refractivity contribution in [2.75, 3.05) is 43.2 Å². The minimum Gasteiger partial charge on any atom is -0.378 e. The molecule has 0 aromatic heterocycles. The molecule has 2 aromatic rings. The highest BCUT2D eigenvalue weighted by atomic mass is 32.2. The Balaban J connectivity index is 1.44. The first-order chi connectivity index (χ1) is 14.0. The number of rotatable bonds is 8. The third-order valence-corrected chi connectivity index (χ3v) is 6.02. The molecule has 2 amide bonds. The van der Waals surface area contributed by atoms with E-state index in [2.05, 4.69) is 34.5 Å². The lowest BCUT2D eigenvalue weighted by atomic mass is 10.1. The van der Waals surface area contributed by atoms with Crippen LogP contribution in [0.1, 0.15) is 18.4 Å². The molecule has 1 aliphatic heterocycles. The molecule has 1 atom stereocenters. The molecular formula is C23H29N3O2S. The predicted octanol–water partition coefficient (Wildman–Crippen LogP) is 3.58. The number of amides is 2. The average Bonchev–Trinajstić information content (AvgIpc) is 3.13. The predicted molar refractivity (Wildman–Crippen MR) is 121 cm³/mol. The van der Waals surface area contributed by atoms with Gasteiger partial charge in [-0.05, 0) is 61.1 Å². The van der Waals surface area contributed by atoms with Gasteiger partial charge in [0.15, 0.2) is 0 Å². The van der Waals surface area contributed by atoms with Gasteiger partial charge in [0.1, 0.15) is 0 Å². The maximum absolute atomic E-state index is 12.5. The average molecular weight is 412 g/mol. The highest BCUT2D eigenvalue weighted by molar-refractivity contribution is 7.98. The Hall–Kier alpha value is -2.47. The van der Waals surface area contributed by atoms with Crippen molar-refractivity contribution in [3.8, 4) is 0 Å². The van der Waals surface area contributed by atoms with Crippen LogP contribution in [0.2, 0.25) is 0 Å². The molecule has 6 heteroatoms. The summed E-state index contributed by atoms with van der Waals surface area (Å²) >= 11 is 1.67. The summed E-state index contributed by atoms with van der Waals surface area (Å²) in [5, 5.41) is 3.01. The molecule has 0 spiro atoms. The zero-order chi connectivity index (χ0) is 20.8. The summed E-state index contributed by atoms with van der Waals surface area (Å²) in [7, 11) is 4.05. The van der Waals surface area contributed by atoms with Crippen LogP contribution in [-0.4, -0.2) is 45.3 Å². The van der Waals surface area contributed by atoms with E-state index in [-0.39, 0.29) is 24.2 Å². The number of thioether (sulfide) groups is 1. The summed E-state index contributed by atoms with van der Waals surface area (Å²) < 4.78 is 0. The third-order valence-electron chi connectivity index (χ3n) is 5.27. The lowest BCUT2D eigenvalue weighted by Gasteiger charge is -2.17. The van der Waals surface area contributed by atoms with Crippen molar-refractivity contribution in [2.24, 2.45) is 5.92 Å². The largest absolute Gasteiger partial charge is 0.378 e. The van der Waals surface area contributed by atoms with E-state index < -0.39 is 0 Å². The number of carbonyl (C=O) groups excluding carboxylic acids is 2. The Morgan fingerprint density at radius 3 is 2.45 bits per heavy atom. The smallest absolute Gasteiger partial charge is 0.227 e. The second kappa shape index (κ2) is 9.83. The number of nitrogens with zero attached hydrogens (tertiary/aromatic N) is 2. The van der Waals surface area contributed by atoms with Crippen molar-refractivity contribution < 1.29 is 9.59 Å². The maximum Gasteiger partial charge on any atom is 0.227 e. The number of benzene rings is 2. The van der Waals surface area contributed by atoms with Gasteiger partial charge in [-0.25, -0.2) is 0 Å². The second-order valence-electron chi connectivity index (χ2n) is 7.56. The van der Waals surface area contributed by atoms with Crippen LogP contribution in [0, 0.1) is 5.92 Å². The highest BCUT2D eigenvalue weighted by Crippen LogP contribution is 2.27. The molecule has 1 fully saturated rings. The van der Waals surface area contributed by atoms with Crippen molar-refractivity contribution >= 4 is 35.0 Å². The summed E-state index contributed by atoms with van der Waals surface area (Å²) in [6.45, 7) is 1.08. The zero-order valence-electron chi connectivity index (χ0n) is 17.4. The number of aryl methyl sites for hydroxylation is 1. The molecule has 1 heterocycles.